The molecule has 0 aliphatic carbocycles. The maximum atomic E-state index is 10.9. The molecule has 1 aliphatic heterocycles. The lowest BCUT2D eigenvalue weighted by Crippen LogP contribution is -2.25. The Morgan fingerprint density at radius 3 is 3.31 bits per heavy atom. The number of nitrogens with one attached hydrogen (secondary N) is 1. The first-order valence-electron chi connectivity index (χ1n) is 3.62. The first kappa shape index (κ1) is 7.55. The SMILES string of the molecule is N#Cc1cnc2c(c1)NC(=O)CO2. The minimum atomic E-state index is -0.232. The van der Waals surface area contributed by atoms with Gasteiger partial charge in [0.1, 0.15) is 11.8 Å². The van der Waals surface area contributed by atoms with E-state index in [1.165, 1.54) is 12.3 Å². The molecule has 0 radical (unpaired) electrons. The number of aromatic nitrogens is 1. The molecule has 0 atom stereocenters. The number of amides is 1. The third kappa shape index (κ3) is 1.29. The van der Waals surface area contributed by atoms with E-state index in [0.29, 0.717) is 17.1 Å². The van der Waals surface area contributed by atoms with Crippen LogP contribution in [0.2, 0.25) is 0 Å². The largest absolute Gasteiger partial charge is 0.466 e. The van der Waals surface area contributed by atoms with Gasteiger partial charge in [0, 0.05) is 6.20 Å². The zero-order chi connectivity index (χ0) is 9.26. The molecule has 13 heavy (non-hydrogen) atoms. The van der Waals surface area contributed by atoms with E-state index in [0.717, 1.165) is 0 Å². The van der Waals surface area contributed by atoms with Gasteiger partial charge >= 0.3 is 0 Å². The minimum Gasteiger partial charge on any atom is -0.466 e. The fraction of sp³-hybridized carbons (Fsp3) is 0.125. The van der Waals surface area contributed by atoms with Crippen molar-refractivity contribution in [3.63, 3.8) is 0 Å². The zero-order valence-electron chi connectivity index (χ0n) is 6.57. The van der Waals surface area contributed by atoms with Crippen LogP contribution in [0.5, 0.6) is 5.88 Å². The Bertz CT molecular complexity index is 408. The van der Waals surface area contributed by atoms with Gasteiger partial charge in [-0.3, -0.25) is 4.79 Å². The van der Waals surface area contributed by atoms with Crippen molar-refractivity contribution in [3.05, 3.63) is 17.8 Å². The van der Waals surface area contributed by atoms with Crippen LogP contribution in [0.4, 0.5) is 5.69 Å². The Morgan fingerprint density at radius 2 is 2.54 bits per heavy atom. The number of hydrogen-bond acceptors (Lipinski definition) is 4. The molecule has 2 rings (SSSR count). The molecule has 0 unspecified atom stereocenters. The van der Waals surface area contributed by atoms with Gasteiger partial charge in [0.15, 0.2) is 6.61 Å². The minimum absolute atomic E-state index is 0.0219. The van der Waals surface area contributed by atoms with E-state index in [9.17, 15) is 4.79 Å². The van der Waals surface area contributed by atoms with Crippen molar-refractivity contribution in [1.29, 1.82) is 5.26 Å². The number of fused-ring (bicyclic) bond motifs is 1. The standard InChI is InChI=1S/C8H5N3O2/c9-2-5-1-6-8(10-3-5)13-4-7(12)11-6/h1,3H,4H2,(H,11,12). The summed E-state index contributed by atoms with van der Waals surface area (Å²) in [5, 5.41) is 11.1. The van der Waals surface area contributed by atoms with E-state index in [1.807, 2.05) is 6.07 Å². The highest BCUT2D eigenvalue weighted by atomic mass is 16.5. The summed E-state index contributed by atoms with van der Waals surface area (Å²) in [7, 11) is 0. The molecule has 64 valence electrons. The second kappa shape index (κ2) is 2.75. The van der Waals surface area contributed by atoms with Gasteiger partial charge < -0.3 is 10.1 Å². The number of nitriles is 1. The molecule has 2 heterocycles. The van der Waals surface area contributed by atoms with Crippen molar-refractivity contribution >= 4 is 11.6 Å². The van der Waals surface area contributed by atoms with Crippen LogP contribution in [0, 0.1) is 11.3 Å². The van der Waals surface area contributed by atoms with Crippen LogP contribution >= 0.6 is 0 Å². The van der Waals surface area contributed by atoms with E-state index < -0.39 is 0 Å². The van der Waals surface area contributed by atoms with Crippen molar-refractivity contribution in [3.8, 4) is 11.9 Å². The summed E-state index contributed by atoms with van der Waals surface area (Å²) in [4.78, 5) is 14.7. The second-order valence-electron chi connectivity index (χ2n) is 2.53. The number of carbonyl (C=O) groups excluding carboxylic acids is 1. The smallest absolute Gasteiger partial charge is 0.262 e. The number of anilines is 1. The van der Waals surface area contributed by atoms with Gasteiger partial charge in [0.05, 0.1) is 5.56 Å². The van der Waals surface area contributed by atoms with E-state index in [2.05, 4.69) is 10.3 Å². The molecule has 0 bridgehead atoms. The van der Waals surface area contributed by atoms with Gasteiger partial charge in [0.2, 0.25) is 5.88 Å². The van der Waals surface area contributed by atoms with Crippen molar-refractivity contribution in [2.24, 2.45) is 0 Å². The van der Waals surface area contributed by atoms with Crippen LogP contribution in [-0.4, -0.2) is 17.5 Å². The van der Waals surface area contributed by atoms with Crippen LogP contribution < -0.4 is 10.1 Å². The molecular formula is C8H5N3O2. The molecule has 5 heteroatoms. The van der Waals surface area contributed by atoms with Gasteiger partial charge in [-0.05, 0) is 6.07 Å². The fourth-order valence-corrected chi connectivity index (χ4v) is 1.04. The summed E-state index contributed by atoms with van der Waals surface area (Å²) in [6, 6.07) is 3.45. The van der Waals surface area contributed by atoms with Crippen molar-refractivity contribution < 1.29 is 9.53 Å². The van der Waals surface area contributed by atoms with Gasteiger partial charge in [-0.25, -0.2) is 4.98 Å². The third-order valence-corrected chi connectivity index (χ3v) is 1.59. The number of hydrogen-bond donors (Lipinski definition) is 1. The van der Waals surface area contributed by atoms with Gasteiger partial charge in [-0.2, -0.15) is 5.26 Å². The predicted octanol–water partition coefficient (Wildman–Crippen LogP) is 0.284. The molecule has 1 aliphatic rings. The molecule has 1 aromatic heterocycles. The topological polar surface area (TPSA) is 75.0 Å². The average molecular weight is 175 g/mol. The Balaban J connectivity index is 2.45. The molecule has 1 N–H and O–H groups in total. The zero-order valence-corrected chi connectivity index (χ0v) is 6.57. The summed E-state index contributed by atoms with van der Waals surface area (Å²) in [5.41, 5.74) is 0.847. The van der Waals surface area contributed by atoms with Crippen molar-refractivity contribution in [1.82, 2.24) is 4.98 Å². The first-order valence-corrected chi connectivity index (χ1v) is 3.62. The predicted molar refractivity (Wildman–Crippen MR) is 43.1 cm³/mol. The summed E-state index contributed by atoms with van der Waals surface area (Å²) in [6.07, 6.45) is 1.40. The van der Waals surface area contributed by atoms with E-state index in [4.69, 9.17) is 10.00 Å². The van der Waals surface area contributed by atoms with Crippen LogP contribution in [0.25, 0.3) is 0 Å². The van der Waals surface area contributed by atoms with E-state index in [1.54, 1.807) is 0 Å². The van der Waals surface area contributed by atoms with Crippen LogP contribution in [0.3, 0.4) is 0 Å². The normalized spacial score (nSPS) is 13.6. The maximum absolute atomic E-state index is 10.9. The Kier molecular flexibility index (Phi) is 1.60. The second-order valence-corrected chi connectivity index (χ2v) is 2.53. The monoisotopic (exact) mass is 175 g/mol. The number of rotatable bonds is 0. The van der Waals surface area contributed by atoms with Gasteiger partial charge in [0.25, 0.3) is 5.91 Å². The molecule has 5 nitrogen and oxygen atoms in total. The summed E-state index contributed by atoms with van der Waals surface area (Å²) >= 11 is 0. The van der Waals surface area contributed by atoms with Gasteiger partial charge in [-0.15, -0.1) is 0 Å². The number of nitrogens with zero attached hydrogens (tertiary/aromatic N) is 2. The number of ether oxygens (including phenoxy) is 1. The highest BCUT2D eigenvalue weighted by Gasteiger charge is 2.16. The molecule has 0 saturated carbocycles. The summed E-state index contributed by atoms with van der Waals surface area (Å²) in [5.74, 6) is 0.128. The summed E-state index contributed by atoms with van der Waals surface area (Å²) in [6.45, 7) is -0.0219. The van der Waals surface area contributed by atoms with Crippen LogP contribution in [0.1, 0.15) is 5.56 Å². The van der Waals surface area contributed by atoms with E-state index in [-0.39, 0.29) is 12.5 Å². The van der Waals surface area contributed by atoms with Crippen LogP contribution in [-0.2, 0) is 4.79 Å². The van der Waals surface area contributed by atoms with Crippen molar-refractivity contribution in [2.45, 2.75) is 0 Å². The molecule has 0 saturated heterocycles. The average Bonchev–Trinajstić information content (AvgIpc) is 2.16. The molecule has 0 fully saturated rings. The lowest BCUT2D eigenvalue weighted by Gasteiger charge is -2.15. The first-order chi connectivity index (χ1) is 6.29. The summed E-state index contributed by atoms with van der Waals surface area (Å²) < 4.78 is 5.00. The molecular weight excluding hydrogens is 170 g/mol. The molecule has 0 spiro atoms. The van der Waals surface area contributed by atoms with E-state index >= 15 is 0 Å². The Labute approximate surface area is 74.0 Å². The highest BCUT2D eigenvalue weighted by molar-refractivity contribution is 5.94. The molecule has 0 aromatic carbocycles. The molecule has 1 amide bonds. The third-order valence-electron chi connectivity index (χ3n) is 1.59. The number of pyridine rings is 1. The van der Waals surface area contributed by atoms with Crippen molar-refractivity contribution in [2.75, 3.05) is 11.9 Å². The van der Waals surface area contributed by atoms with Gasteiger partial charge in [-0.1, -0.05) is 0 Å². The Morgan fingerprint density at radius 1 is 1.69 bits per heavy atom. The lowest BCUT2D eigenvalue weighted by molar-refractivity contribution is -0.118. The highest BCUT2D eigenvalue weighted by Crippen LogP contribution is 2.24. The lowest BCUT2D eigenvalue weighted by atomic mass is 10.2. The number of carbonyl (C=O) groups is 1. The Hall–Kier alpha value is -2.09. The van der Waals surface area contributed by atoms with Crippen LogP contribution in [0.15, 0.2) is 12.3 Å². The maximum Gasteiger partial charge on any atom is 0.262 e. The molecule has 1 aromatic rings. The quantitative estimate of drug-likeness (QED) is 0.614. The fourth-order valence-electron chi connectivity index (χ4n) is 1.04.